The fourth-order valence-electron chi connectivity index (χ4n) is 11.2. The first-order chi connectivity index (χ1) is 39.5. The fraction of sp³-hybridized carbons (Fsp3) is 0.905. The van der Waals surface area contributed by atoms with E-state index < -0.39 is 6.10 Å². The van der Waals surface area contributed by atoms with Gasteiger partial charge in [0.05, 0.1) is 0 Å². The molecule has 0 aliphatic carbocycles. The van der Waals surface area contributed by atoms with E-state index in [0.717, 1.165) is 64.2 Å². The summed E-state index contributed by atoms with van der Waals surface area (Å²) < 4.78 is 17.0. The largest absolute Gasteiger partial charge is 0.462 e. The molecule has 6 nitrogen and oxygen atoms in total. The van der Waals surface area contributed by atoms with Gasteiger partial charge in [0.15, 0.2) is 6.10 Å². The van der Waals surface area contributed by atoms with E-state index in [1.165, 1.54) is 308 Å². The smallest absolute Gasteiger partial charge is 0.306 e. The number of ether oxygens (including phenoxy) is 3. The molecular formula is C74H140O6. The molecule has 0 amide bonds. The molecule has 6 heteroatoms. The lowest BCUT2D eigenvalue weighted by Crippen LogP contribution is -2.30. The second-order valence-corrected chi connectivity index (χ2v) is 24.9. The second kappa shape index (κ2) is 69.4. The van der Waals surface area contributed by atoms with Crippen molar-refractivity contribution < 1.29 is 28.6 Å². The third-order valence-corrected chi connectivity index (χ3v) is 16.7. The summed E-state index contributed by atoms with van der Waals surface area (Å²) in [6, 6.07) is 0. The third-order valence-electron chi connectivity index (χ3n) is 16.7. The van der Waals surface area contributed by atoms with Crippen LogP contribution in [0.4, 0.5) is 0 Å². The maximum Gasteiger partial charge on any atom is 0.306 e. The number of carbonyl (C=O) groups is 3. The van der Waals surface area contributed by atoms with Gasteiger partial charge >= 0.3 is 17.9 Å². The summed E-state index contributed by atoms with van der Waals surface area (Å²) in [7, 11) is 0. The van der Waals surface area contributed by atoms with Gasteiger partial charge in [0.2, 0.25) is 0 Å². The summed E-state index contributed by atoms with van der Waals surface area (Å²) in [6.45, 7) is 6.70. The lowest BCUT2D eigenvalue weighted by molar-refractivity contribution is -0.167. The molecular weight excluding hydrogens is 985 g/mol. The maximum atomic E-state index is 12.9. The van der Waals surface area contributed by atoms with E-state index in [2.05, 4.69) is 45.1 Å². The number of allylic oxidation sites excluding steroid dienone is 4. The van der Waals surface area contributed by atoms with Crippen molar-refractivity contribution in [1.29, 1.82) is 0 Å². The van der Waals surface area contributed by atoms with Gasteiger partial charge in [-0.1, -0.05) is 347 Å². The van der Waals surface area contributed by atoms with Crippen LogP contribution in [0.25, 0.3) is 0 Å². The van der Waals surface area contributed by atoms with E-state index in [4.69, 9.17) is 14.2 Å². The SMILES string of the molecule is CCCCCCC/C=C\CCCCCCCC(=O)OCC(COC(=O)CCCCCCCCCCCCCCCCCCCCCCCCCCCCCCC)OC(=O)CCCCCCCCCCC/C=C\CCCCCCCC. The minimum atomic E-state index is -0.774. The van der Waals surface area contributed by atoms with Crippen LogP contribution < -0.4 is 0 Å². The summed E-state index contributed by atoms with van der Waals surface area (Å²) >= 11 is 0. The van der Waals surface area contributed by atoms with Crippen LogP contribution in [-0.2, 0) is 28.6 Å². The van der Waals surface area contributed by atoms with E-state index in [-0.39, 0.29) is 31.1 Å². The number of carbonyl (C=O) groups excluding carboxylic acids is 3. The molecule has 0 aromatic carbocycles. The first-order valence-corrected chi connectivity index (χ1v) is 36.3. The Bertz CT molecular complexity index is 1290. The highest BCUT2D eigenvalue weighted by Crippen LogP contribution is 2.19. The van der Waals surface area contributed by atoms with Crippen LogP contribution in [0.3, 0.4) is 0 Å². The number of rotatable bonds is 68. The summed E-state index contributed by atoms with van der Waals surface area (Å²) in [5.74, 6) is -0.849. The zero-order valence-electron chi connectivity index (χ0n) is 54.4. The summed E-state index contributed by atoms with van der Waals surface area (Å²) in [5.41, 5.74) is 0. The van der Waals surface area contributed by atoms with Crippen molar-refractivity contribution in [3.63, 3.8) is 0 Å². The van der Waals surface area contributed by atoms with E-state index in [1.54, 1.807) is 0 Å². The minimum Gasteiger partial charge on any atom is -0.462 e. The molecule has 0 rings (SSSR count). The first-order valence-electron chi connectivity index (χ1n) is 36.3. The highest BCUT2D eigenvalue weighted by molar-refractivity contribution is 5.71. The number of unbranched alkanes of at least 4 members (excludes halogenated alkanes) is 53. The van der Waals surface area contributed by atoms with Crippen molar-refractivity contribution in [3.05, 3.63) is 24.3 Å². The van der Waals surface area contributed by atoms with Gasteiger partial charge in [-0.25, -0.2) is 0 Å². The lowest BCUT2D eigenvalue weighted by atomic mass is 10.0. The Balaban J connectivity index is 4.18. The molecule has 0 aromatic heterocycles. The van der Waals surface area contributed by atoms with Gasteiger partial charge < -0.3 is 14.2 Å². The number of hydrogen-bond acceptors (Lipinski definition) is 6. The normalized spacial score (nSPS) is 12.1. The van der Waals surface area contributed by atoms with Crippen molar-refractivity contribution in [2.75, 3.05) is 13.2 Å². The van der Waals surface area contributed by atoms with Crippen molar-refractivity contribution in [2.24, 2.45) is 0 Å². The average Bonchev–Trinajstić information content (AvgIpc) is 3.46. The van der Waals surface area contributed by atoms with E-state index >= 15 is 0 Å². The molecule has 0 heterocycles. The molecule has 0 radical (unpaired) electrons. The molecule has 80 heavy (non-hydrogen) atoms. The second-order valence-electron chi connectivity index (χ2n) is 24.9. The molecule has 0 saturated heterocycles. The Kier molecular flexibility index (Phi) is 67.6. The van der Waals surface area contributed by atoms with Crippen LogP contribution in [0.15, 0.2) is 24.3 Å². The summed E-state index contributed by atoms with van der Waals surface area (Å²) in [5, 5.41) is 0. The van der Waals surface area contributed by atoms with Crippen molar-refractivity contribution in [3.8, 4) is 0 Å². The minimum absolute atomic E-state index is 0.0692. The Hall–Kier alpha value is -2.11. The van der Waals surface area contributed by atoms with Crippen LogP contribution in [0.1, 0.15) is 412 Å². The van der Waals surface area contributed by atoms with Crippen LogP contribution in [0, 0.1) is 0 Å². The zero-order chi connectivity index (χ0) is 57.8. The predicted molar refractivity (Wildman–Crippen MR) is 349 cm³/mol. The molecule has 0 fully saturated rings. The molecule has 472 valence electrons. The summed E-state index contributed by atoms with van der Waals surface area (Å²) in [6.07, 6.45) is 85.1. The van der Waals surface area contributed by atoms with E-state index in [9.17, 15) is 14.4 Å². The molecule has 0 N–H and O–H groups in total. The van der Waals surface area contributed by atoms with Crippen LogP contribution in [-0.4, -0.2) is 37.2 Å². The van der Waals surface area contributed by atoms with Gasteiger partial charge in [-0.3, -0.25) is 14.4 Å². The zero-order valence-corrected chi connectivity index (χ0v) is 54.4. The predicted octanol–water partition coefficient (Wildman–Crippen LogP) is 25.0. The summed E-state index contributed by atoms with van der Waals surface area (Å²) in [4.78, 5) is 38.4. The molecule has 1 unspecified atom stereocenters. The van der Waals surface area contributed by atoms with Gasteiger partial charge in [0.25, 0.3) is 0 Å². The molecule has 1 atom stereocenters. The maximum absolute atomic E-state index is 12.9. The Morgan fingerprint density at radius 2 is 0.412 bits per heavy atom. The van der Waals surface area contributed by atoms with Crippen LogP contribution in [0.2, 0.25) is 0 Å². The van der Waals surface area contributed by atoms with Crippen molar-refractivity contribution in [1.82, 2.24) is 0 Å². The third kappa shape index (κ3) is 66.7. The number of hydrogen-bond donors (Lipinski definition) is 0. The highest BCUT2D eigenvalue weighted by Gasteiger charge is 2.19. The van der Waals surface area contributed by atoms with Gasteiger partial charge in [0, 0.05) is 19.3 Å². The van der Waals surface area contributed by atoms with Gasteiger partial charge in [-0.05, 0) is 70.6 Å². The fourth-order valence-corrected chi connectivity index (χ4v) is 11.2. The molecule has 0 saturated carbocycles. The molecule has 0 aromatic rings. The monoisotopic (exact) mass is 1130 g/mol. The molecule has 0 aliphatic heterocycles. The number of esters is 3. The molecule has 0 spiro atoms. The Morgan fingerprint density at radius 3 is 0.625 bits per heavy atom. The van der Waals surface area contributed by atoms with E-state index in [1.807, 2.05) is 0 Å². The Labute approximate surface area is 500 Å². The van der Waals surface area contributed by atoms with Gasteiger partial charge in [-0.2, -0.15) is 0 Å². The van der Waals surface area contributed by atoms with Crippen molar-refractivity contribution >= 4 is 17.9 Å². The van der Waals surface area contributed by atoms with E-state index in [0.29, 0.717) is 19.3 Å². The van der Waals surface area contributed by atoms with Crippen LogP contribution in [0.5, 0.6) is 0 Å². The van der Waals surface area contributed by atoms with Gasteiger partial charge in [0.1, 0.15) is 13.2 Å². The lowest BCUT2D eigenvalue weighted by Gasteiger charge is -2.18. The topological polar surface area (TPSA) is 78.9 Å². The van der Waals surface area contributed by atoms with Crippen molar-refractivity contribution in [2.45, 2.75) is 419 Å². The molecule has 0 aliphatic rings. The average molecular weight is 1130 g/mol. The quantitative estimate of drug-likeness (QED) is 0.0261. The molecule has 0 bridgehead atoms. The van der Waals surface area contributed by atoms with Gasteiger partial charge in [-0.15, -0.1) is 0 Å². The highest BCUT2D eigenvalue weighted by atomic mass is 16.6. The standard InChI is InChI=1S/C74H140O6/c1-4-7-10-13-16-19-22-25-28-30-32-33-34-35-36-37-38-39-40-41-43-44-46-49-52-55-58-61-64-67-73(76)79-70-71(69-78-72(75)66-63-60-57-54-51-48-27-24-21-18-15-12-9-6-3)80-74(77)68-65-62-59-56-53-50-47-45-42-31-29-26-23-20-17-14-11-8-5-2/h24,26-27,29,71H,4-23,25,28,30-70H2,1-3H3/b27-24-,29-26-. The van der Waals surface area contributed by atoms with Crippen LogP contribution >= 0.6 is 0 Å². The Morgan fingerprint density at radius 1 is 0.237 bits per heavy atom. The first kappa shape index (κ1) is 77.9.